The standard InChI is InChI=1S/C10H18N2O3/c1-4-15-6-9(13)12-8(10(11)14)5-7(2)3/h8H,2,4-6H2,1,3H3,(H2,11,14)(H,12,13)/t8-/m0/s1. The van der Waals surface area contributed by atoms with Gasteiger partial charge in [0.2, 0.25) is 11.8 Å². The Balaban J connectivity index is 4.10. The first kappa shape index (κ1) is 13.6. The van der Waals surface area contributed by atoms with Crippen LogP contribution in [-0.4, -0.2) is 31.1 Å². The van der Waals surface area contributed by atoms with Crippen LogP contribution in [0.15, 0.2) is 12.2 Å². The average molecular weight is 214 g/mol. The zero-order valence-electron chi connectivity index (χ0n) is 9.21. The van der Waals surface area contributed by atoms with Crippen LogP contribution in [0.2, 0.25) is 0 Å². The van der Waals surface area contributed by atoms with Gasteiger partial charge in [0.25, 0.3) is 0 Å². The van der Waals surface area contributed by atoms with E-state index in [1.54, 1.807) is 13.8 Å². The fourth-order valence-corrected chi connectivity index (χ4v) is 1.00. The van der Waals surface area contributed by atoms with E-state index in [4.69, 9.17) is 10.5 Å². The van der Waals surface area contributed by atoms with E-state index in [0.29, 0.717) is 13.0 Å². The van der Waals surface area contributed by atoms with Gasteiger partial charge in [0, 0.05) is 6.61 Å². The van der Waals surface area contributed by atoms with Crippen LogP contribution in [0.5, 0.6) is 0 Å². The predicted molar refractivity (Wildman–Crippen MR) is 57.0 cm³/mol. The van der Waals surface area contributed by atoms with E-state index in [9.17, 15) is 9.59 Å². The molecule has 86 valence electrons. The molecular weight excluding hydrogens is 196 g/mol. The molecule has 0 aromatic carbocycles. The van der Waals surface area contributed by atoms with Crippen LogP contribution in [0.1, 0.15) is 20.3 Å². The number of amides is 2. The van der Waals surface area contributed by atoms with Crippen molar-refractivity contribution >= 4 is 11.8 Å². The van der Waals surface area contributed by atoms with Crippen LogP contribution < -0.4 is 11.1 Å². The van der Waals surface area contributed by atoms with Gasteiger partial charge in [-0.3, -0.25) is 9.59 Å². The molecule has 3 N–H and O–H groups in total. The molecule has 5 heteroatoms. The lowest BCUT2D eigenvalue weighted by molar-refractivity contribution is -0.130. The second-order valence-corrected chi connectivity index (χ2v) is 3.32. The quantitative estimate of drug-likeness (QED) is 0.583. The molecule has 15 heavy (non-hydrogen) atoms. The van der Waals surface area contributed by atoms with E-state index in [1.165, 1.54) is 0 Å². The Bertz CT molecular complexity index is 251. The van der Waals surface area contributed by atoms with E-state index in [-0.39, 0.29) is 12.5 Å². The molecule has 0 saturated carbocycles. The number of carbonyl (C=O) groups excluding carboxylic acids is 2. The summed E-state index contributed by atoms with van der Waals surface area (Å²) in [5.74, 6) is -0.912. The van der Waals surface area contributed by atoms with Gasteiger partial charge < -0.3 is 15.8 Å². The van der Waals surface area contributed by atoms with Crippen molar-refractivity contribution in [2.45, 2.75) is 26.3 Å². The number of nitrogens with one attached hydrogen (secondary N) is 1. The predicted octanol–water partition coefficient (Wildman–Crippen LogP) is -0.0408. The summed E-state index contributed by atoms with van der Waals surface area (Å²) in [5.41, 5.74) is 5.91. The molecule has 1 atom stereocenters. The monoisotopic (exact) mass is 214 g/mol. The van der Waals surface area contributed by atoms with Crippen LogP contribution in [0.25, 0.3) is 0 Å². The maximum Gasteiger partial charge on any atom is 0.246 e. The molecule has 2 amide bonds. The first-order valence-electron chi connectivity index (χ1n) is 4.78. The van der Waals surface area contributed by atoms with E-state index in [2.05, 4.69) is 11.9 Å². The summed E-state index contributed by atoms with van der Waals surface area (Å²) < 4.78 is 4.89. The fourth-order valence-electron chi connectivity index (χ4n) is 1.00. The van der Waals surface area contributed by atoms with Crippen LogP contribution in [0.4, 0.5) is 0 Å². The van der Waals surface area contributed by atoms with Crippen molar-refractivity contribution < 1.29 is 14.3 Å². The summed E-state index contributed by atoms with van der Waals surface area (Å²) in [6.07, 6.45) is 0.354. The molecule has 0 saturated heterocycles. The summed E-state index contributed by atoms with van der Waals surface area (Å²) in [6.45, 7) is 7.60. The molecule has 0 bridgehead atoms. The maximum atomic E-state index is 11.2. The zero-order chi connectivity index (χ0) is 11.8. The number of primary amides is 1. The average Bonchev–Trinajstić information content (AvgIpc) is 2.12. The highest BCUT2D eigenvalue weighted by Gasteiger charge is 2.17. The molecule has 0 aliphatic carbocycles. The molecule has 0 fully saturated rings. The Morgan fingerprint density at radius 3 is 2.53 bits per heavy atom. The van der Waals surface area contributed by atoms with Crippen molar-refractivity contribution in [2.24, 2.45) is 5.73 Å². The third-order valence-electron chi connectivity index (χ3n) is 1.67. The van der Waals surface area contributed by atoms with E-state index in [0.717, 1.165) is 5.57 Å². The van der Waals surface area contributed by atoms with Gasteiger partial charge >= 0.3 is 0 Å². The molecule has 0 rings (SSSR count). The number of ether oxygens (including phenoxy) is 1. The maximum absolute atomic E-state index is 11.2. The van der Waals surface area contributed by atoms with Crippen molar-refractivity contribution in [1.29, 1.82) is 0 Å². The molecule has 0 radical (unpaired) electrons. The van der Waals surface area contributed by atoms with Crippen molar-refractivity contribution in [3.63, 3.8) is 0 Å². The van der Waals surface area contributed by atoms with Crippen LogP contribution >= 0.6 is 0 Å². The lowest BCUT2D eigenvalue weighted by Crippen LogP contribution is -2.45. The van der Waals surface area contributed by atoms with E-state index < -0.39 is 11.9 Å². The van der Waals surface area contributed by atoms with Crippen LogP contribution in [0, 0.1) is 0 Å². The second-order valence-electron chi connectivity index (χ2n) is 3.32. The minimum atomic E-state index is -0.699. The van der Waals surface area contributed by atoms with Gasteiger partial charge in [-0.1, -0.05) is 5.57 Å². The van der Waals surface area contributed by atoms with Gasteiger partial charge in [0.1, 0.15) is 12.6 Å². The summed E-state index contributed by atoms with van der Waals surface area (Å²) in [7, 11) is 0. The molecule has 0 aliphatic rings. The lowest BCUT2D eigenvalue weighted by Gasteiger charge is -2.15. The number of nitrogens with two attached hydrogens (primary N) is 1. The number of hydrogen-bond acceptors (Lipinski definition) is 3. The SMILES string of the molecule is C=C(C)C[C@H](NC(=O)COCC)C(N)=O. The topological polar surface area (TPSA) is 81.4 Å². The smallest absolute Gasteiger partial charge is 0.246 e. The van der Waals surface area contributed by atoms with Crippen LogP contribution in [-0.2, 0) is 14.3 Å². The Kier molecular flexibility index (Phi) is 6.37. The number of hydrogen-bond donors (Lipinski definition) is 2. The Labute approximate surface area is 89.7 Å². The van der Waals surface area contributed by atoms with Gasteiger partial charge in [0.05, 0.1) is 0 Å². The zero-order valence-corrected chi connectivity index (χ0v) is 9.21. The highest BCUT2D eigenvalue weighted by atomic mass is 16.5. The minimum Gasteiger partial charge on any atom is -0.372 e. The third kappa shape index (κ3) is 6.68. The summed E-state index contributed by atoms with van der Waals surface area (Å²) in [6, 6.07) is -0.699. The van der Waals surface area contributed by atoms with Crippen LogP contribution in [0.3, 0.4) is 0 Å². The Hall–Kier alpha value is -1.36. The number of carbonyl (C=O) groups is 2. The Morgan fingerprint density at radius 1 is 1.53 bits per heavy atom. The molecule has 0 heterocycles. The van der Waals surface area contributed by atoms with Gasteiger partial charge in [-0.25, -0.2) is 0 Å². The second kappa shape index (κ2) is 7.00. The van der Waals surface area contributed by atoms with Crippen molar-refractivity contribution in [2.75, 3.05) is 13.2 Å². The van der Waals surface area contributed by atoms with E-state index >= 15 is 0 Å². The third-order valence-corrected chi connectivity index (χ3v) is 1.67. The van der Waals surface area contributed by atoms with Crippen molar-refractivity contribution in [3.05, 3.63) is 12.2 Å². The Morgan fingerprint density at radius 2 is 2.13 bits per heavy atom. The normalized spacial score (nSPS) is 11.9. The lowest BCUT2D eigenvalue weighted by atomic mass is 10.1. The highest BCUT2D eigenvalue weighted by Crippen LogP contribution is 2.01. The summed E-state index contributed by atoms with van der Waals surface area (Å²) in [5, 5.41) is 2.48. The van der Waals surface area contributed by atoms with Gasteiger partial charge in [-0.15, -0.1) is 6.58 Å². The highest BCUT2D eigenvalue weighted by molar-refractivity contribution is 5.87. The fraction of sp³-hybridized carbons (Fsp3) is 0.600. The summed E-state index contributed by atoms with van der Waals surface area (Å²) >= 11 is 0. The van der Waals surface area contributed by atoms with Gasteiger partial charge in [-0.2, -0.15) is 0 Å². The minimum absolute atomic E-state index is 0.0591. The molecule has 0 aromatic heterocycles. The molecule has 0 aliphatic heterocycles. The van der Waals surface area contributed by atoms with Gasteiger partial charge in [0.15, 0.2) is 0 Å². The molecule has 0 unspecified atom stereocenters. The van der Waals surface area contributed by atoms with Gasteiger partial charge in [-0.05, 0) is 20.3 Å². The molecule has 0 spiro atoms. The largest absolute Gasteiger partial charge is 0.372 e. The van der Waals surface area contributed by atoms with Crippen molar-refractivity contribution in [3.8, 4) is 0 Å². The molecular formula is C10H18N2O3. The number of rotatable bonds is 7. The molecule has 0 aromatic rings. The first-order valence-corrected chi connectivity index (χ1v) is 4.78. The first-order chi connectivity index (χ1) is 6.97. The molecule has 5 nitrogen and oxygen atoms in total. The van der Waals surface area contributed by atoms with Crippen molar-refractivity contribution in [1.82, 2.24) is 5.32 Å². The summed E-state index contributed by atoms with van der Waals surface area (Å²) in [4.78, 5) is 22.2. The van der Waals surface area contributed by atoms with E-state index in [1.807, 2.05) is 0 Å².